The summed E-state index contributed by atoms with van der Waals surface area (Å²) in [6.45, 7) is 4.12. The van der Waals surface area contributed by atoms with Crippen LogP contribution in [0.5, 0.6) is 0 Å². The van der Waals surface area contributed by atoms with Crippen LogP contribution in [-0.4, -0.2) is 25.5 Å². The van der Waals surface area contributed by atoms with Gasteiger partial charge in [0.25, 0.3) is 0 Å². The number of carbonyl (C=O) groups is 1. The van der Waals surface area contributed by atoms with E-state index in [1.165, 1.54) is 18.9 Å². The molecule has 20 heavy (non-hydrogen) atoms. The van der Waals surface area contributed by atoms with Crippen molar-refractivity contribution in [1.29, 1.82) is 0 Å². The Morgan fingerprint density at radius 1 is 1.40 bits per heavy atom. The summed E-state index contributed by atoms with van der Waals surface area (Å²) in [5.74, 6) is 0.543. The molecule has 1 aromatic rings. The molecule has 1 saturated heterocycles. The summed E-state index contributed by atoms with van der Waals surface area (Å²) in [5, 5.41) is 3.23. The topological polar surface area (TPSA) is 32.3 Å². The molecule has 2 aliphatic rings. The average Bonchev–Trinajstić information content (AvgIpc) is 3.09. The van der Waals surface area contributed by atoms with Crippen LogP contribution in [0.3, 0.4) is 0 Å². The van der Waals surface area contributed by atoms with E-state index >= 15 is 0 Å². The first-order valence-corrected chi connectivity index (χ1v) is 7.43. The molecule has 0 radical (unpaired) electrons. The Hall–Kier alpha value is -1.42. The standard InChI is InChI=1S/C16H21FN2O/c1-11-2-5-14(8-15(11)17)19(10-12-3-4-12)16(20)13-6-7-18-9-13/h2,5,8,12-13,18H,3-4,6-7,9-10H2,1H3/t13-/m1/s1. The maximum absolute atomic E-state index is 13.8. The molecule has 1 saturated carbocycles. The predicted molar refractivity (Wildman–Crippen MR) is 77.2 cm³/mol. The van der Waals surface area contributed by atoms with Gasteiger partial charge in [0.05, 0.1) is 5.92 Å². The third kappa shape index (κ3) is 2.85. The van der Waals surface area contributed by atoms with Crippen LogP contribution in [0.15, 0.2) is 18.2 Å². The minimum atomic E-state index is -0.236. The molecule has 3 rings (SSSR count). The Kier molecular flexibility index (Phi) is 3.74. The number of aryl methyl sites for hydroxylation is 1. The van der Waals surface area contributed by atoms with Crippen molar-refractivity contribution in [2.75, 3.05) is 24.5 Å². The van der Waals surface area contributed by atoms with Crippen LogP contribution in [0.25, 0.3) is 0 Å². The van der Waals surface area contributed by atoms with Crippen molar-refractivity contribution in [3.8, 4) is 0 Å². The highest BCUT2D eigenvalue weighted by molar-refractivity contribution is 5.95. The number of nitrogens with zero attached hydrogens (tertiary/aromatic N) is 1. The van der Waals surface area contributed by atoms with Gasteiger partial charge in [-0.05, 0) is 56.3 Å². The second kappa shape index (κ2) is 5.52. The molecule has 3 nitrogen and oxygen atoms in total. The predicted octanol–water partition coefficient (Wildman–Crippen LogP) is 2.49. The maximum Gasteiger partial charge on any atom is 0.231 e. The first-order valence-electron chi connectivity index (χ1n) is 7.43. The van der Waals surface area contributed by atoms with E-state index in [1.807, 2.05) is 6.07 Å². The third-order valence-electron chi connectivity index (χ3n) is 4.28. The van der Waals surface area contributed by atoms with E-state index in [9.17, 15) is 9.18 Å². The van der Waals surface area contributed by atoms with E-state index < -0.39 is 0 Å². The van der Waals surface area contributed by atoms with Gasteiger partial charge in [-0.2, -0.15) is 0 Å². The molecule has 108 valence electrons. The van der Waals surface area contributed by atoms with E-state index in [0.29, 0.717) is 17.2 Å². The van der Waals surface area contributed by atoms with Gasteiger partial charge in [0.1, 0.15) is 5.82 Å². The monoisotopic (exact) mass is 276 g/mol. The fourth-order valence-corrected chi connectivity index (χ4v) is 2.72. The average molecular weight is 276 g/mol. The number of benzene rings is 1. The van der Waals surface area contributed by atoms with Gasteiger partial charge in [0, 0.05) is 18.8 Å². The number of amides is 1. The van der Waals surface area contributed by atoms with Crippen LogP contribution in [0.1, 0.15) is 24.8 Å². The Labute approximate surface area is 119 Å². The number of nitrogens with one attached hydrogen (secondary N) is 1. The van der Waals surface area contributed by atoms with Gasteiger partial charge in [-0.25, -0.2) is 4.39 Å². The smallest absolute Gasteiger partial charge is 0.231 e. The Morgan fingerprint density at radius 3 is 2.80 bits per heavy atom. The summed E-state index contributed by atoms with van der Waals surface area (Å²) in [7, 11) is 0. The van der Waals surface area contributed by atoms with Gasteiger partial charge in [-0.1, -0.05) is 6.07 Å². The Morgan fingerprint density at radius 2 is 2.20 bits per heavy atom. The van der Waals surface area contributed by atoms with Crippen LogP contribution in [0.4, 0.5) is 10.1 Å². The first-order chi connectivity index (χ1) is 9.65. The number of anilines is 1. The number of rotatable bonds is 4. The zero-order valence-electron chi connectivity index (χ0n) is 11.9. The van der Waals surface area contributed by atoms with Crippen LogP contribution >= 0.6 is 0 Å². The molecule has 1 N–H and O–H groups in total. The lowest BCUT2D eigenvalue weighted by atomic mass is 10.1. The summed E-state index contributed by atoms with van der Waals surface area (Å²) >= 11 is 0. The molecule has 1 aliphatic carbocycles. The number of carbonyl (C=O) groups excluding carboxylic acids is 1. The summed E-state index contributed by atoms with van der Waals surface area (Å²) in [6, 6.07) is 5.11. The Balaban J connectivity index is 1.83. The highest BCUT2D eigenvalue weighted by Gasteiger charge is 2.32. The normalized spacial score (nSPS) is 22.0. The van der Waals surface area contributed by atoms with E-state index in [-0.39, 0.29) is 17.6 Å². The van der Waals surface area contributed by atoms with Gasteiger partial charge in [0.2, 0.25) is 5.91 Å². The third-order valence-corrected chi connectivity index (χ3v) is 4.28. The van der Waals surface area contributed by atoms with E-state index in [1.54, 1.807) is 17.9 Å². The van der Waals surface area contributed by atoms with E-state index in [4.69, 9.17) is 0 Å². The fourth-order valence-electron chi connectivity index (χ4n) is 2.72. The van der Waals surface area contributed by atoms with Gasteiger partial charge >= 0.3 is 0 Å². The number of hydrogen-bond donors (Lipinski definition) is 1. The van der Waals surface area contributed by atoms with Gasteiger partial charge < -0.3 is 10.2 Å². The second-order valence-corrected chi connectivity index (χ2v) is 6.02. The number of halogens is 1. The number of hydrogen-bond acceptors (Lipinski definition) is 2. The maximum atomic E-state index is 13.8. The molecule has 1 amide bonds. The van der Waals surface area contributed by atoms with Gasteiger partial charge in [-0.3, -0.25) is 4.79 Å². The molecule has 0 aromatic heterocycles. The lowest BCUT2D eigenvalue weighted by molar-refractivity contribution is -0.121. The quantitative estimate of drug-likeness (QED) is 0.916. The van der Waals surface area contributed by atoms with Crippen molar-refractivity contribution in [2.24, 2.45) is 11.8 Å². The zero-order chi connectivity index (χ0) is 14.1. The van der Waals surface area contributed by atoms with Crippen LogP contribution in [0, 0.1) is 24.6 Å². The Bertz CT molecular complexity index is 507. The van der Waals surface area contributed by atoms with Crippen LogP contribution < -0.4 is 10.2 Å². The fraction of sp³-hybridized carbons (Fsp3) is 0.562. The van der Waals surface area contributed by atoms with Crippen molar-refractivity contribution in [2.45, 2.75) is 26.2 Å². The first kappa shape index (κ1) is 13.6. The molecule has 4 heteroatoms. The lowest BCUT2D eigenvalue weighted by Crippen LogP contribution is -2.38. The molecule has 1 aliphatic heterocycles. The van der Waals surface area contributed by atoms with Crippen molar-refractivity contribution in [3.63, 3.8) is 0 Å². The molecule has 0 spiro atoms. The zero-order valence-corrected chi connectivity index (χ0v) is 11.9. The largest absolute Gasteiger partial charge is 0.316 e. The molecule has 2 fully saturated rings. The minimum Gasteiger partial charge on any atom is -0.316 e. The molecule has 0 unspecified atom stereocenters. The van der Waals surface area contributed by atoms with Crippen molar-refractivity contribution in [1.82, 2.24) is 5.32 Å². The van der Waals surface area contributed by atoms with Crippen molar-refractivity contribution >= 4 is 11.6 Å². The molecular weight excluding hydrogens is 255 g/mol. The van der Waals surface area contributed by atoms with Gasteiger partial charge in [0.15, 0.2) is 0 Å². The second-order valence-electron chi connectivity index (χ2n) is 6.02. The van der Waals surface area contributed by atoms with Crippen molar-refractivity contribution < 1.29 is 9.18 Å². The summed E-state index contributed by atoms with van der Waals surface area (Å²) in [5.41, 5.74) is 1.33. The van der Waals surface area contributed by atoms with Gasteiger partial charge in [-0.15, -0.1) is 0 Å². The van der Waals surface area contributed by atoms with Crippen molar-refractivity contribution in [3.05, 3.63) is 29.6 Å². The molecule has 0 bridgehead atoms. The van der Waals surface area contributed by atoms with E-state index in [0.717, 1.165) is 26.1 Å². The molecular formula is C16H21FN2O. The summed E-state index contributed by atoms with van der Waals surface area (Å²) in [4.78, 5) is 14.5. The molecule has 1 aromatic carbocycles. The summed E-state index contributed by atoms with van der Waals surface area (Å²) in [6.07, 6.45) is 3.25. The SMILES string of the molecule is Cc1ccc(N(CC2CC2)C(=O)[C@@H]2CCNC2)cc1F. The van der Waals surface area contributed by atoms with E-state index in [2.05, 4.69) is 5.32 Å². The molecule has 1 atom stereocenters. The highest BCUT2D eigenvalue weighted by atomic mass is 19.1. The van der Waals surface area contributed by atoms with Crippen LogP contribution in [0.2, 0.25) is 0 Å². The highest BCUT2D eigenvalue weighted by Crippen LogP contribution is 2.33. The summed E-state index contributed by atoms with van der Waals surface area (Å²) < 4.78 is 13.8. The van der Waals surface area contributed by atoms with Crippen LogP contribution in [-0.2, 0) is 4.79 Å². The molecule has 1 heterocycles. The minimum absolute atomic E-state index is 0.0399. The lowest BCUT2D eigenvalue weighted by Gasteiger charge is -2.26.